The predicted molar refractivity (Wildman–Crippen MR) is 98.2 cm³/mol. The molecule has 0 aliphatic heterocycles. The Kier molecular flexibility index (Phi) is 4.99. The number of H-pyrrole nitrogens is 1. The minimum absolute atomic E-state index is 0.278. The number of likely N-dealkylation sites (N-methyl/N-ethyl adjacent to an activating group) is 1. The SMILES string of the molecule is CN(C)CCn1cc(NC(=O)Cn2[nH]c(=O)c3ccccc3c2=O)cn1. The monoisotopic (exact) mass is 356 g/mol. The van der Waals surface area contributed by atoms with E-state index in [-0.39, 0.29) is 11.9 Å². The van der Waals surface area contributed by atoms with E-state index in [1.54, 1.807) is 41.3 Å². The van der Waals surface area contributed by atoms with Crippen LogP contribution in [0.2, 0.25) is 0 Å². The maximum Gasteiger partial charge on any atom is 0.273 e. The summed E-state index contributed by atoms with van der Waals surface area (Å²) in [6.45, 7) is 1.23. The van der Waals surface area contributed by atoms with Crippen LogP contribution in [0.15, 0.2) is 46.2 Å². The molecule has 2 N–H and O–H groups in total. The molecule has 0 bridgehead atoms. The molecule has 0 saturated heterocycles. The molecule has 0 fully saturated rings. The van der Waals surface area contributed by atoms with E-state index in [0.29, 0.717) is 17.6 Å². The summed E-state index contributed by atoms with van der Waals surface area (Å²) >= 11 is 0. The Bertz CT molecular complexity index is 1050. The van der Waals surface area contributed by atoms with Gasteiger partial charge in [0, 0.05) is 12.7 Å². The van der Waals surface area contributed by atoms with Crippen LogP contribution >= 0.6 is 0 Å². The van der Waals surface area contributed by atoms with Crippen LogP contribution in [0.1, 0.15) is 0 Å². The van der Waals surface area contributed by atoms with E-state index in [2.05, 4.69) is 15.5 Å². The quantitative estimate of drug-likeness (QED) is 0.651. The molecule has 2 heterocycles. The number of aromatic amines is 1. The van der Waals surface area contributed by atoms with E-state index in [0.717, 1.165) is 11.2 Å². The molecular weight excluding hydrogens is 336 g/mol. The van der Waals surface area contributed by atoms with Crippen molar-refractivity contribution in [1.29, 1.82) is 0 Å². The largest absolute Gasteiger partial charge is 0.322 e. The number of amides is 1. The van der Waals surface area contributed by atoms with Gasteiger partial charge in [0.15, 0.2) is 0 Å². The fourth-order valence-corrected chi connectivity index (χ4v) is 2.55. The van der Waals surface area contributed by atoms with Gasteiger partial charge in [-0.1, -0.05) is 12.1 Å². The molecule has 0 spiro atoms. The standard InChI is InChI=1S/C17H20N6O3/c1-21(2)7-8-22-10-12(9-18-22)19-15(24)11-23-17(26)14-6-4-3-5-13(14)16(25)20-23/h3-6,9-10H,7-8,11H2,1-2H3,(H,19,24)(H,20,25). The Balaban J connectivity index is 1.73. The van der Waals surface area contributed by atoms with E-state index in [9.17, 15) is 14.4 Å². The molecule has 1 aromatic carbocycles. The highest BCUT2D eigenvalue weighted by Crippen LogP contribution is 2.05. The second kappa shape index (κ2) is 7.36. The molecule has 0 saturated carbocycles. The van der Waals surface area contributed by atoms with Crippen LogP contribution in [0.25, 0.3) is 10.8 Å². The summed E-state index contributed by atoms with van der Waals surface area (Å²) < 4.78 is 2.73. The number of nitrogens with one attached hydrogen (secondary N) is 2. The van der Waals surface area contributed by atoms with Crippen LogP contribution in [-0.4, -0.2) is 51.0 Å². The second-order valence-corrected chi connectivity index (χ2v) is 6.22. The van der Waals surface area contributed by atoms with Crippen molar-refractivity contribution < 1.29 is 4.79 Å². The Hall–Kier alpha value is -3.20. The van der Waals surface area contributed by atoms with Crippen molar-refractivity contribution >= 4 is 22.4 Å². The Morgan fingerprint density at radius 3 is 2.69 bits per heavy atom. The molecule has 0 aliphatic rings. The lowest BCUT2D eigenvalue weighted by atomic mass is 10.2. The highest BCUT2D eigenvalue weighted by Gasteiger charge is 2.11. The van der Waals surface area contributed by atoms with Crippen LogP contribution in [0, 0.1) is 0 Å². The first-order valence-corrected chi connectivity index (χ1v) is 8.13. The van der Waals surface area contributed by atoms with Crippen molar-refractivity contribution in [2.75, 3.05) is 26.0 Å². The number of benzene rings is 1. The van der Waals surface area contributed by atoms with Crippen LogP contribution in [0.5, 0.6) is 0 Å². The third-order valence-electron chi connectivity index (χ3n) is 3.88. The summed E-state index contributed by atoms with van der Waals surface area (Å²) in [5.41, 5.74) is -0.300. The summed E-state index contributed by atoms with van der Waals surface area (Å²) in [6.07, 6.45) is 3.26. The average Bonchev–Trinajstić information content (AvgIpc) is 3.05. The van der Waals surface area contributed by atoms with E-state index in [1.165, 1.54) is 0 Å². The first kappa shape index (κ1) is 17.6. The van der Waals surface area contributed by atoms with E-state index < -0.39 is 17.0 Å². The topological polar surface area (TPSA) is 105 Å². The fourth-order valence-electron chi connectivity index (χ4n) is 2.55. The van der Waals surface area contributed by atoms with Gasteiger partial charge in [0.05, 0.1) is 29.2 Å². The van der Waals surface area contributed by atoms with Crippen LogP contribution < -0.4 is 16.4 Å². The lowest BCUT2D eigenvalue weighted by Crippen LogP contribution is -2.34. The van der Waals surface area contributed by atoms with Gasteiger partial charge in [0.25, 0.3) is 11.1 Å². The highest BCUT2D eigenvalue weighted by molar-refractivity contribution is 5.90. The first-order chi connectivity index (χ1) is 12.4. The molecule has 0 atom stereocenters. The third-order valence-corrected chi connectivity index (χ3v) is 3.88. The number of rotatable bonds is 6. The predicted octanol–water partition coefficient (Wildman–Crippen LogP) is 0.0866. The van der Waals surface area contributed by atoms with Gasteiger partial charge in [-0.15, -0.1) is 0 Å². The van der Waals surface area contributed by atoms with Crippen molar-refractivity contribution in [1.82, 2.24) is 24.5 Å². The fraction of sp³-hybridized carbons (Fsp3) is 0.294. The zero-order valence-electron chi connectivity index (χ0n) is 14.6. The van der Waals surface area contributed by atoms with E-state index >= 15 is 0 Å². The summed E-state index contributed by atoms with van der Waals surface area (Å²) in [7, 11) is 3.93. The molecule has 136 valence electrons. The lowest BCUT2D eigenvalue weighted by Gasteiger charge is -2.08. The van der Waals surface area contributed by atoms with Gasteiger partial charge in [0.1, 0.15) is 6.54 Å². The van der Waals surface area contributed by atoms with E-state index in [4.69, 9.17) is 0 Å². The molecule has 0 radical (unpaired) electrons. The zero-order valence-corrected chi connectivity index (χ0v) is 14.6. The minimum atomic E-state index is -0.426. The number of nitrogens with zero attached hydrogens (tertiary/aromatic N) is 4. The second-order valence-electron chi connectivity index (χ2n) is 6.22. The van der Waals surface area contributed by atoms with Gasteiger partial charge < -0.3 is 10.2 Å². The number of hydrogen-bond donors (Lipinski definition) is 2. The Morgan fingerprint density at radius 2 is 1.96 bits per heavy atom. The Labute approximate surface area is 148 Å². The maximum atomic E-state index is 12.4. The van der Waals surface area contributed by atoms with Gasteiger partial charge in [-0.3, -0.25) is 24.2 Å². The summed E-state index contributed by atoms with van der Waals surface area (Å²) in [4.78, 5) is 38.7. The molecule has 9 heteroatoms. The highest BCUT2D eigenvalue weighted by atomic mass is 16.2. The lowest BCUT2D eigenvalue weighted by molar-refractivity contribution is -0.117. The Morgan fingerprint density at radius 1 is 1.23 bits per heavy atom. The molecule has 2 aromatic heterocycles. The summed E-state index contributed by atoms with van der Waals surface area (Å²) in [6, 6.07) is 6.50. The maximum absolute atomic E-state index is 12.4. The smallest absolute Gasteiger partial charge is 0.273 e. The average molecular weight is 356 g/mol. The molecule has 9 nitrogen and oxygen atoms in total. The van der Waals surface area contributed by atoms with Crippen LogP contribution in [0.4, 0.5) is 5.69 Å². The number of carbonyl (C=O) groups is 1. The summed E-state index contributed by atoms with van der Waals surface area (Å²) in [5, 5.41) is 9.86. The van der Waals surface area contributed by atoms with Gasteiger partial charge >= 0.3 is 0 Å². The van der Waals surface area contributed by atoms with Crippen molar-refractivity contribution in [2.24, 2.45) is 0 Å². The number of fused-ring (bicyclic) bond motifs is 1. The van der Waals surface area contributed by atoms with Gasteiger partial charge in [0.2, 0.25) is 5.91 Å². The number of anilines is 1. The van der Waals surface area contributed by atoms with Crippen molar-refractivity contribution in [2.45, 2.75) is 13.1 Å². The molecule has 3 aromatic rings. The van der Waals surface area contributed by atoms with E-state index in [1.807, 2.05) is 19.0 Å². The first-order valence-electron chi connectivity index (χ1n) is 8.13. The van der Waals surface area contributed by atoms with Crippen molar-refractivity contribution in [3.8, 4) is 0 Å². The number of aromatic nitrogens is 4. The molecule has 1 amide bonds. The summed E-state index contributed by atoms with van der Waals surface area (Å²) in [5.74, 6) is -0.426. The zero-order chi connectivity index (χ0) is 18.7. The molecule has 0 unspecified atom stereocenters. The molecule has 26 heavy (non-hydrogen) atoms. The minimum Gasteiger partial charge on any atom is -0.322 e. The van der Waals surface area contributed by atoms with Crippen LogP contribution in [-0.2, 0) is 17.9 Å². The van der Waals surface area contributed by atoms with Crippen LogP contribution in [0.3, 0.4) is 0 Å². The number of carbonyl (C=O) groups excluding carboxylic acids is 1. The third kappa shape index (κ3) is 3.89. The van der Waals surface area contributed by atoms with Gasteiger partial charge in [-0.25, -0.2) is 4.68 Å². The normalized spacial score (nSPS) is 11.2. The molecular formula is C17H20N6O3. The van der Waals surface area contributed by atoms with Crippen molar-refractivity contribution in [3.63, 3.8) is 0 Å². The molecule has 0 aliphatic carbocycles. The number of hydrogen-bond acceptors (Lipinski definition) is 5. The molecule has 3 rings (SSSR count). The van der Waals surface area contributed by atoms with Gasteiger partial charge in [-0.2, -0.15) is 5.10 Å². The van der Waals surface area contributed by atoms with Gasteiger partial charge in [-0.05, 0) is 26.2 Å². The van der Waals surface area contributed by atoms with Crippen molar-refractivity contribution in [3.05, 3.63) is 57.4 Å².